The van der Waals surface area contributed by atoms with Gasteiger partial charge in [-0.3, -0.25) is 14.9 Å². The molecule has 0 fully saturated rings. The number of nitrogens with two attached hydrogens (primary N) is 1. The molecule has 0 atom stereocenters. The summed E-state index contributed by atoms with van der Waals surface area (Å²) in [4.78, 5) is 22.0. The molecule has 1 aromatic rings. The molecule has 7 heteroatoms. The smallest absolute Gasteiger partial charge is 0.296 e. The van der Waals surface area contributed by atoms with Gasteiger partial charge in [-0.15, -0.1) is 0 Å². The van der Waals surface area contributed by atoms with Crippen molar-refractivity contribution in [3.05, 3.63) is 28.3 Å². The number of amides is 1. The number of rotatable bonds is 7. The molecule has 0 aliphatic rings. The Hall–Kier alpha value is -2.15. The number of benzene rings is 1. The van der Waals surface area contributed by atoms with Crippen molar-refractivity contribution in [2.24, 2.45) is 5.73 Å². The van der Waals surface area contributed by atoms with E-state index in [4.69, 9.17) is 10.5 Å². The molecule has 0 unspecified atom stereocenters. The minimum absolute atomic E-state index is 0.170. The summed E-state index contributed by atoms with van der Waals surface area (Å²) in [6.07, 6.45) is 1.70. The van der Waals surface area contributed by atoms with Crippen LogP contribution < -0.4 is 15.8 Å². The predicted molar refractivity (Wildman–Crippen MR) is 71.2 cm³/mol. The normalized spacial score (nSPS) is 10.0. The number of carbonyl (C=O) groups excluding carboxylic acids is 1. The van der Waals surface area contributed by atoms with Gasteiger partial charge in [0.2, 0.25) is 5.91 Å². The molecule has 1 amide bonds. The van der Waals surface area contributed by atoms with Gasteiger partial charge >= 0.3 is 0 Å². The molecule has 0 aliphatic heterocycles. The van der Waals surface area contributed by atoms with Crippen molar-refractivity contribution in [1.29, 1.82) is 0 Å². The van der Waals surface area contributed by atoms with Crippen molar-refractivity contribution < 1.29 is 14.5 Å². The van der Waals surface area contributed by atoms with Crippen LogP contribution in [0.15, 0.2) is 18.2 Å². The minimum Gasteiger partial charge on any atom is -0.496 e. The number of methoxy groups -OCH3 is 1. The fourth-order valence-electron chi connectivity index (χ4n) is 1.54. The van der Waals surface area contributed by atoms with Crippen molar-refractivity contribution in [1.82, 2.24) is 0 Å². The Balaban J connectivity index is 2.77. The second kappa shape index (κ2) is 7.32. The van der Waals surface area contributed by atoms with E-state index >= 15 is 0 Å². The second-order valence-corrected chi connectivity index (χ2v) is 3.93. The molecule has 1 aromatic carbocycles. The molecular formula is C12H17N3O4. The summed E-state index contributed by atoms with van der Waals surface area (Å²) in [6.45, 7) is 0.524. The van der Waals surface area contributed by atoms with Gasteiger partial charge in [0.15, 0.2) is 0 Å². The van der Waals surface area contributed by atoms with Crippen LogP contribution in [0.4, 0.5) is 11.4 Å². The van der Waals surface area contributed by atoms with E-state index in [0.29, 0.717) is 25.1 Å². The second-order valence-electron chi connectivity index (χ2n) is 3.93. The van der Waals surface area contributed by atoms with Crippen LogP contribution in [0.1, 0.15) is 19.3 Å². The standard InChI is InChI=1S/C12H17N3O4/c1-19-9-5-6-10(11(8-9)15(17)18)14-12(16)4-2-3-7-13/h5-6,8H,2-4,7,13H2,1H3,(H,14,16). The number of carbonyl (C=O) groups is 1. The van der Waals surface area contributed by atoms with Gasteiger partial charge < -0.3 is 15.8 Å². The molecule has 3 N–H and O–H groups in total. The highest BCUT2D eigenvalue weighted by molar-refractivity contribution is 5.93. The van der Waals surface area contributed by atoms with Crippen LogP contribution in [0.2, 0.25) is 0 Å². The molecule has 0 radical (unpaired) electrons. The van der Waals surface area contributed by atoms with Gasteiger partial charge in [0.05, 0.1) is 18.1 Å². The van der Waals surface area contributed by atoms with E-state index in [-0.39, 0.29) is 17.3 Å². The largest absolute Gasteiger partial charge is 0.496 e. The van der Waals surface area contributed by atoms with Crippen LogP contribution in [-0.4, -0.2) is 24.5 Å². The topological polar surface area (TPSA) is 107 Å². The Morgan fingerprint density at radius 1 is 1.47 bits per heavy atom. The van der Waals surface area contributed by atoms with Crippen molar-refractivity contribution >= 4 is 17.3 Å². The molecule has 0 spiro atoms. The number of nitrogens with zero attached hydrogens (tertiary/aromatic N) is 1. The van der Waals surface area contributed by atoms with Gasteiger partial charge in [-0.1, -0.05) is 0 Å². The highest BCUT2D eigenvalue weighted by atomic mass is 16.6. The van der Waals surface area contributed by atoms with Crippen molar-refractivity contribution in [3.8, 4) is 5.75 Å². The minimum atomic E-state index is -0.558. The van der Waals surface area contributed by atoms with Crippen molar-refractivity contribution in [2.45, 2.75) is 19.3 Å². The van der Waals surface area contributed by atoms with Gasteiger partial charge in [0, 0.05) is 6.42 Å². The first-order valence-electron chi connectivity index (χ1n) is 5.91. The first kappa shape index (κ1) is 14.9. The number of hydrogen-bond acceptors (Lipinski definition) is 5. The molecular weight excluding hydrogens is 250 g/mol. The molecule has 0 aromatic heterocycles. The quantitative estimate of drug-likeness (QED) is 0.444. The summed E-state index contributed by atoms with van der Waals surface area (Å²) in [5.41, 5.74) is 5.31. The number of nitro groups is 1. The molecule has 0 bridgehead atoms. The predicted octanol–water partition coefficient (Wildman–Crippen LogP) is 1.67. The number of anilines is 1. The van der Waals surface area contributed by atoms with Gasteiger partial charge in [-0.2, -0.15) is 0 Å². The number of ether oxygens (including phenoxy) is 1. The highest BCUT2D eigenvalue weighted by Crippen LogP contribution is 2.29. The Bertz CT molecular complexity index is 462. The van der Waals surface area contributed by atoms with Crippen molar-refractivity contribution in [3.63, 3.8) is 0 Å². The highest BCUT2D eigenvalue weighted by Gasteiger charge is 2.16. The summed E-state index contributed by atoms with van der Waals surface area (Å²) in [6, 6.07) is 4.29. The summed E-state index contributed by atoms with van der Waals surface area (Å²) in [5.74, 6) is 0.106. The lowest BCUT2D eigenvalue weighted by Crippen LogP contribution is -2.13. The maximum Gasteiger partial charge on any atom is 0.296 e. The number of nitro benzene ring substituents is 1. The van der Waals surface area contributed by atoms with Crippen LogP contribution >= 0.6 is 0 Å². The van der Waals surface area contributed by atoms with E-state index < -0.39 is 4.92 Å². The van der Waals surface area contributed by atoms with E-state index in [9.17, 15) is 14.9 Å². The fourth-order valence-corrected chi connectivity index (χ4v) is 1.54. The van der Waals surface area contributed by atoms with E-state index in [0.717, 1.165) is 6.42 Å². The van der Waals surface area contributed by atoms with Crippen LogP contribution in [0, 0.1) is 10.1 Å². The zero-order chi connectivity index (χ0) is 14.3. The lowest BCUT2D eigenvalue weighted by Gasteiger charge is -2.07. The Morgan fingerprint density at radius 3 is 2.79 bits per heavy atom. The maximum atomic E-state index is 11.6. The molecule has 0 saturated carbocycles. The summed E-state index contributed by atoms with van der Waals surface area (Å²) in [5, 5.41) is 13.4. The molecule has 7 nitrogen and oxygen atoms in total. The first-order valence-corrected chi connectivity index (χ1v) is 5.91. The Labute approximate surface area is 110 Å². The van der Waals surface area contributed by atoms with Gasteiger partial charge in [-0.25, -0.2) is 0 Å². The van der Waals surface area contributed by atoms with Gasteiger partial charge in [0.25, 0.3) is 5.69 Å². The summed E-state index contributed by atoms with van der Waals surface area (Å²) < 4.78 is 4.91. The average molecular weight is 267 g/mol. The molecule has 1 rings (SSSR count). The van der Waals surface area contributed by atoms with Gasteiger partial charge in [0.1, 0.15) is 11.4 Å². The SMILES string of the molecule is COc1ccc(NC(=O)CCCCN)c([N+](=O)[O-])c1. The lowest BCUT2D eigenvalue weighted by atomic mass is 10.2. The van der Waals surface area contributed by atoms with E-state index in [2.05, 4.69) is 5.32 Å². The third-order valence-electron chi connectivity index (χ3n) is 2.53. The molecule has 0 aliphatic carbocycles. The van der Waals surface area contributed by atoms with Gasteiger partial charge in [-0.05, 0) is 31.5 Å². The third-order valence-corrected chi connectivity index (χ3v) is 2.53. The maximum absolute atomic E-state index is 11.6. The molecule has 104 valence electrons. The monoisotopic (exact) mass is 267 g/mol. The van der Waals surface area contributed by atoms with E-state index in [1.807, 2.05) is 0 Å². The first-order chi connectivity index (χ1) is 9.08. The van der Waals surface area contributed by atoms with E-state index in [1.54, 1.807) is 6.07 Å². The van der Waals surface area contributed by atoms with Crippen LogP contribution in [0.5, 0.6) is 5.75 Å². The molecule has 0 saturated heterocycles. The zero-order valence-corrected chi connectivity index (χ0v) is 10.7. The summed E-state index contributed by atoms with van der Waals surface area (Å²) in [7, 11) is 1.42. The lowest BCUT2D eigenvalue weighted by molar-refractivity contribution is -0.384. The Kier molecular flexibility index (Phi) is 5.74. The van der Waals surface area contributed by atoms with Crippen LogP contribution in [0.25, 0.3) is 0 Å². The zero-order valence-electron chi connectivity index (χ0n) is 10.7. The molecule has 19 heavy (non-hydrogen) atoms. The number of unbranched alkanes of at least 4 members (excludes halogenated alkanes) is 1. The van der Waals surface area contributed by atoms with Crippen molar-refractivity contribution in [2.75, 3.05) is 19.0 Å². The van der Waals surface area contributed by atoms with Crippen LogP contribution in [-0.2, 0) is 4.79 Å². The van der Waals surface area contributed by atoms with Crippen LogP contribution in [0.3, 0.4) is 0 Å². The van der Waals surface area contributed by atoms with E-state index in [1.165, 1.54) is 19.2 Å². The fraction of sp³-hybridized carbons (Fsp3) is 0.417. The number of nitrogens with one attached hydrogen (secondary N) is 1. The molecule has 0 heterocycles. The summed E-state index contributed by atoms with van der Waals surface area (Å²) >= 11 is 0. The number of hydrogen-bond donors (Lipinski definition) is 2. The average Bonchev–Trinajstić information content (AvgIpc) is 2.39. The third kappa shape index (κ3) is 4.55. The Morgan fingerprint density at radius 2 is 2.21 bits per heavy atom.